The van der Waals surface area contributed by atoms with Crippen molar-refractivity contribution in [2.45, 2.75) is 32.7 Å². The van der Waals surface area contributed by atoms with Crippen molar-refractivity contribution in [1.29, 1.82) is 0 Å². The third-order valence-corrected chi connectivity index (χ3v) is 5.55. The van der Waals surface area contributed by atoms with Crippen molar-refractivity contribution in [1.82, 2.24) is 15.1 Å². The number of hydrogen-bond acceptors (Lipinski definition) is 3. The van der Waals surface area contributed by atoms with Crippen LogP contribution >= 0.6 is 0 Å². The Morgan fingerprint density at radius 3 is 2.52 bits per heavy atom. The number of hydrogen-bond donors (Lipinski definition) is 2. The number of nitrogens with two attached hydrogens (primary N) is 1. The van der Waals surface area contributed by atoms with Crippen LogP contribution in [0.2, 0.25) is 0 Å². The maximum absolute atomic E-state index is 14.4. The van der Waals surface area contributed by atoms with Gasteiger partial charge in [-0.1, -0.05) is 13.8 Å². The van der Waals surface area contributed by atoms with Crippen molar-refractivity contribution < 1.29 is 18.4 Å². The highest BCUT2D eigenvalue weighted by Crippen LogP contribution is 2.41. The third kappa shape index (κ3) is 4.05. The largest absolute Gasteiger partial charge is 0.366 e. The van der Waals surface area contributed by atoms with Crippen LogP contribution in [-0.4, -0.2) is 21.6 Å². The fourth-order valence-corrected chi connectivity index (χ4v) is 4.06. The molecule has 160 valence electrons. The van der Waals surface area contributed by atoms with E-state index in [1.54, 1.807) is 23.0 Å². The summed E-state index contributed by atoms with van der Waals surface area (Å²) in [4.78, 5) is 24.0. The van der Waals surface area contributed by atoms with Gasteiger partial charge in [0.2, 0.25) is 5.91 Å². The van der Waals surface area contributed by atoms with Gasteiger partial charge in [0.15, 0.2) is 0 Å². The van der Waals surface area contributed by atoms with E-state index in [1.165, 1.54) is 24.3 Å². The van der Waals surface area contributed by atoms with Crippen LogP contribution in [-0.2, 0) is 6.42 Å². The molecule has 6 nitrogen and oxygen atoms in total. The van der Waals surface area contributed by atoms with E-state index >= 15 is 0 Å². The Morgan fingerprint density at radius 1 is 1.16 bits per heavy atom. The zero-order chi connectivity index (χ0) is 22.3. The number of nitrogens with zero attached hydrogens (tertiary/aromatic N) is 2. The molecular formula is C23H22F2N4O2. The van der Waals surface area contributed by atoms with Gasteiger partial charge in [0.05, 0.1) is 29.2 Å². The monoisotopic (exact) mass is 424 g/mol. The predicted molar refractivity (Wildman–Crippen MR) is 111 cm³/mol. The van der Waals surface area contributed by atoms with Crippen molar-refractivity contribution >= 4 is 11.8 Å². The minimum atomic E-state index is -0.814. The Balaban J connectivity index is 1.65. The first-order chi connectivity index (χ1) is 14.6. The Morgan fingerprint density at radius 2 is 1.87 bits per heavy atom. The third-order valence-electron chi connectivity index (χ3n) is 5.55. The molecule has 0 unspecified atom stereocenters. The molecule has 1 heterocycles. The molecule has 2 amide bonds. The van der Waals surface area contributed by atoms with E-state index in [0.717, 1.165) is 23.0 Å². The average molecular weight is 424 g/mol. The molecule has 0 saturated carbocycles. The van der Waals surface area contributed by atoms with Gasteiger partial charge in [-0.2, -0.15) is 5.10 Å². The topological polar surface area (TPSA) is 90.0 Å². The van der Waals surface area contributed by atoms with Crippen LogP contribution in [0.3, 0.4) is 0 Å². The number of carbonyl (C=O) groups is 2. The van der Waals surface area contributed by atoms with E-state index in [-0.39, 0.29) is 28.4 Å². The van der Waals surface area contributed by atoms with E-state index in [2.05, 4.69) is 24.3 Å². The van der Waals surface area contributed by atoms with Gasteiger partial charge >= 0.3 is 0 Å². The van der Waals surface area contributed by atoms with Crippen molar-refractivity contribution in [2.75, 3.05) is 0 Å². The molecule has 0 bridgehead atoms. The SMILES string of the molecule is CC1(C)Cc2c(cnn2-c2ccc(F)cc2)[C@H](NC(=O)c2ccc(C(N)=O)cc2F)C1. The van der Waals surface area contributed by atoms with E-state index in [1.807, 2.05) is 0 Å². The molecule has 1 aromatic heterocycles. The number of carbonyl (C=O) groups excluding carboxylic acids is 2. The van der Waals surface area contributed by atoms with Gasteiger partial charge < -0.3 is 11.1 Å². The lowest BCUT2D eigenvalue weighted by Crippen LogP contribution is -2.37. The molecule has 2 aromatic carbocycles. The number of amides is 2. The highest BCUT2D eigenvalue weighted by atomic mass is 19.1. The van der Waals surface area contributed by atoms with E-state index < -0.39 is 17.6 Å². The molecule has 8 heteroatoms. The fraction of sp³-hybridized carbons (Fsp3) is 0.261. The highest BCUT2D eigenvalue weighted by Gasteiger charge is 2.36. The normalized spacial score (nSPS) is 17.1. The Labute approximate surface area is 178 Å². The first kappa shape index (κ1) is 20.7. The zero-order valence-electron chi connectivity index (χ0n) is 17.2. The smallest absolute Gasteiger partial charge is 0.254 e. The van der Waals surface area contributed by atoms with Gasteiger partial charge in [0.1, 0.15) is 11.6 Å². The second-order valence-corrected chi connectivity index (χ2v) is 8.56. The lowest BCUT2D eigenvalue weighted by molar-refractivity contribution is 0.0913. The molecular weight excluding hydrogens is 402 g/mol. The summed E-state index contributed by atoms with van der Waals surface area (Å²) in [6.07, 6.45) is 3.04. The van der Waals surface area contributed by atoms with Crippen molar-refractivity contribution in [2.24, 2.45) is 11.1 Å². The lowest BCUT2D eigenvalue weighted by Gasteiger charge is -2.36. The van der Waals surface area contributed by atoms with Crippen LogP contribution in [0.5, 0.6) is 0 Å². The molecule has 3 N–H and O–H groups in total. The first-order valence-corrected chi connectivity index (χ1v) is 9.87. The first-order valence-electron chi connectivity index (χ1n) is 9.87. The van der Waals surface area contributed by atoms with Crippen LogP contribution in [0.25, 0.3) is 5.69 Å². The minimum absolute atomic E-state index is 0.00397. The maximum atomic E-state index is 14.4. The second-order valence-electron chi connectivity index (χ2n) is 8.56. The molecule has 1 aliphatic rings. The quantitative estimate of drug-likeness (QED) is 0.669. The van der Waals surface area contributed by atoms with Gasteiger partial charge in [-0.25, -0.2) is 13.5 Å². The van der Waals surface area contributed by atoms with Gasteiger partial charge in [0, 0.05) is 11.1 Å². The second kappa shape index (κ2) is 7.61. The number of aromatic nitrogens is 2. The fourth-order valence-electron chi connectivity index (χ4n) is 4.06. The molecule has 1 aliphatic carbocycles. The van der Waals surface area contributed by atoms with Crippen LogP contribution in [0.4, 0.5) is 8.78 Å². The zero-order valence-corrected chi connectivity index (χ0v) is 17.2. The van der Waals surface area contributed by atoms with Gasteiger partial charge in [-0.15, -0.1) is 0 Å². The van der Waals surface area contributed by atoms with E-state index in [0.29, 0.717) is 12.8 Å². The Kier molecular flexibility index (Phi) is 5.08. The summed E-state index contributed by atoms with van der Waals surface area (Å²) < 4.78 is 29.5. The lowest BCUT2D eigenvalue weighted by atomic mass is 9.74. The molecule has 0 spiro atoms. The summed E-state index contributed by atoms with van der Waals surface area (Å²) in [5, 5.41) is 7.36. The summed E-state index contributed by atoms with van der Waals surface area (Å²) in [5.74, 6) is -2.50. The number of fused-ring (bicyclic) bond motifs is 1. The van der Waals surface area contributed by atoms with E-state index in [9.17, 15) is 18.4 Å². The number of nitrogens with one attached hydrogen (secondary N) is 1. The van der Waals surface area contributed by atoms with Crippen LogP contribution in [0, 0.1) is 17.0 Å². The number of primary amides is 1. The van der Waals surface area contributed by atoms with E-state index in [4.69, 9.17) is 5.73 Å². The minimum Gasteiger partial charge on any atom is -0.366 e. The molecule has 3 aromatic rings. The summed E-state index contributed by atoms with van der Waals surface area (Å²) in [6.45, 7) is 4.17. The van der Waals surface area contributed by atoms with Gasteiger partial charge in [-0.3, -0.25) is 9.59 Å². The van der Waals surface area contributed by atoms with Crippen LogP contribution in [0.1, 0.15) is 58.3 Å². The molecule has 0 radical (unpaired) electrons. The van der Waals surface area contributed by atoms with Crippen molar-refractivity contribution in [3.05, 3.63) is 82.7 Å². The molecule has 0 aliphatic heterocycles. The van der Waals surface area contributed by atoms with Crippen molar-refractivity contribution in [3.8, 4) is 5.69 Å². The summed E-state index contributed by atoms with van der Waals surface area (Å²) in [7, 11) is 0. The maximum Gasteiger partial charge on any atom is 0.254 e. The Bertz CT molecular complexity index is 1170. The molecule has 1 atom stereocenters. The van der Waals surface area contributed by atoms with Crippen molar-refractivity contribution in [3.63, 3.8) is 0 Å². The Hall–Kier alpha value is -3.55. The van der Waals surface area contributed by atoms with Crippen LogP contribution < -0.4 is 11.1 Å². The molecule has 0 fully saturated rings. The number of halogens is 2. The summed E-state index contributed by atoms with van der Waals surface area (Å²) in [5.41, 5.74) is 7.31. The number of rotatable bonds is 4. The molecule has 0 saturated heterocycles. The summed E-state index contributed by atoms with van der Waals surface area (Å²) >= 11 is 0. The predicted octanol–water partition coefficient (Wildman–Crippen LogP) is 3.69. The molecule has 31 heavy (non-hydrogen) atoms. The summed E-state index contributed by atoms with van der Waals surface area (Å²) in [6, 6.07) is 9.19. The van der Waals surface area contributed by atoms with Gasteiger partial charge in [-0.05, 0) is 60.7 Å². The number of benzene rings is 2. The molecule has 4 rings (SSSR count). The highest BCUT2D eigenvalue weighted by molar-refractivity contribution is 5.97. The average Bonchev–Trinajstić information content (AvgIpc) is 3.11. The van der Waals surface area contributed by atoms with Gasteiger partial charge in [0.25, 0.3) is 5.91 Å². The standard InChI is InChI=1S/C23H22F2N4O2/c1-23(2)10-19(28-22(31)16-8-3-13(21(26)30)9-18(16)25)17-12-27-29(20(17)11-23)15-6-4-14(24)5-7-15/h3-9,12,19H,10-11H2,1-2H3,(H2,26,30)(H,28,31)/t19-/m1/s1. The van der Waals surface area contributed by atoms with Crippen LogP contribution in [0.15, 0.2) is 48.7 Å².